The van der Waals surface area contributed by atoms with Crippen LogP contribution in [-0.4, -0.2) is 64.4 Å². The molecular weight excluding hydrogens is 632 g/mol. The molecule has 0 spiro atoms. The number of fused-ring (bicyclic) bond motifs is 1. The van der Waals surface area contributed by atoms with Gasteiger partial charge in [-0.25, -0.2) is 4.79 Å². The van der Waals surface area contributed by atoms with E-state index in [0.717, 1.165) is 74.0 Å². The van der Waals surface area contributed by atoms with Crippen LogP contribution < -0.4 is 25.2 Å². The number of carbonyl (C=O) groups is 3. The van der Waals surface area contributed by atoms with E-state index in [-0.39, 0.29) is 42.5 Å². The topological polar surface area (TPSA) is 145 Å². The van der Waals surface area contributed by atoms with Crippen LogP contribution in [0.15, 0.2) is 60.8 Å². The number of nitrogens with one attached hydrogen (secondary N) is 2. The molecule has 1 aliphatic carbocycles. The zero-order chi connectivity index (χ0) is 33.2. The molecule has 3 aliphatic rings. The van der Waals surface area contributed by atoms with Crippen LogP contribution in [0, 0.1) is 11.3 Å². The average Bonchev–Trinajstić information content (AvgIpc) is 3.54. The summed E-state index contributed by atoms with van der Waals surface area (Å²) in [6.45, 7) is 1.95. The molecule has 2 aliphatic heterocycles. The number of carbonyl (C=O) groups excluding carboxylic acids is 3. The van der Waals surface area contributed by atoms with Crippen molar-refractivity contribution in [2.24, 2.45) is 0 Å². The van der Waals surface area contributed by atoms with E-state index in [9.17, 15) is 14.4 Å². The number of aromatic nitrogens is 3. The summed E-state index contributed by atoms with van der Waals surface area (Å²) in [4.78, 5) is 40.9. The Bertz CT molecular complexity index is 1890. The van der Waals surface area contributed by atoms with Crippen LogP contribution in [0.5, 0.6) is 5.75 Å². The Morgan fingerprint density at radius 1 is 0.979 bits per heavy atom. The molecule has 2 saturated heterocycles. The molecule has 0 bridgehead atoms. The summed E-state index contributed by atoms with van der Waals surface area (Å²) in [7, 11) is 0. The van der Waals surface area contributed by atoms with E-state index in [1.807, 2.05) is 30.3 Å². The summed E-state index contributed by atoms with van der Waals surface area (Å²) >= 11 is 6.13. The molecule has 1 saturated carbocycles. The van der Waals surface area contributed by atoms with Gasteiger partial charge in [0.05, 0.1) is 27.9 Å². The Labute approximate surface area is 282 Å². The third-order valence-electron chi connectivity index (χ3n) is 9.52. The monoisotopic (exact) mass is 666 g/mol. The lowest BCUT2D eigenvalue weighted by atomic mass is 9.93. The molecule has 2 aromatic carbocycles. The summed E-state index contributed by atoms with van der Waals surface area (Å²) in [5.41, 5.74) is 2.57. The number of urea groups is 1. The lowest BCUT2D eigenvalue weighted by molar-refractivity contribution is -0.120. The highest BCUT2D eigenvalue weighted by atomic mass is 35.5. The van der Waals surface area contributed by atoms with E-state index < -0.39 is 0 Å². The highest BCUT2D eigenvalue weighted by molar-refractivity contribution is 6.31. The number of amides is 4. The quantitative estimate of drug-likeness (QED) is 0.268. The van der Waals surface area contributed by atoms with Gasteiger partial charge < -0.3 is 19.5 Å². The molecule has 4 amide bonds. The lowest BCUT2D eigenvalue weighted by Crippen LogP contribution is -2.49. The van der Waals surface area contributed by atoms with Crippen molar-refractivity contribution in [1.29, 1.82) is 5.26 Å². The Morgan fingerprint density at radius 2 is 1.79 bits per heavy atom. The number of halogens is 1. The van der Waals surface area contributed by atoms with Crippen LogP contribution in [0.3, 0.4) is 0 Å². The van der Waals surface area contributed by atoms with Crippen LogP contribution in [0.1, 0.15) is 67.0 Å². The third-order valence-corrected chi connectivity index (χ3v) is 9.84. The molecule has 4 aromatic rings. The second-order valence-electron chi connectivity index (χ2n) is 12.5. The van der Waals surface area contributed by atoms with Gasteiger partial charge in [0.25, 0.3) is 5.91 Å². The van der Waals surface area contributed by atoms with Crippen LogP contribution in [0.25, 0.3) is 10.9 Å². The molecular formula is C35H35ClN8O4. The maximum absolute atomic E-state index is 13.0. The minimum Gasteiger partial charge on any atom is -0.490 e. The minimum absolute atomic E-state index is 0.0231. The molecule has 246 valence electrons. The van der Waals surface area contributed by atoms with Gasteiger partial charge in [0.15, 0.2) is 11.5 Å². The second-order valence-corrected chi connectivity index (χ2v) is 12.9. The Balaban J connectivity index is 0.904. The average molecular weight is 667 g/mol. The number of nitrogens with zero attached hydrogens (tertiary/aromatic N) is 6. The zero-order valence-electron chi connectivity index (χ0n) is 26.3. The van der Waals surface area contributed by atoms with Crippen molar-refractivity contribution in [3.63, 3.8) is 0 Å². The molecule has 0 atom stereocenters. The fourth-order valence-corrected chi connectivity index (χ4v) is 7.16. The summed E-state index contributed by atoms with van der Waals surface area (Å²) < 4.78 is 8.35. The SMILES string of the molecule is N#Cc1ccc(OC2CCC(NC(=O)c3ccc(N4CCC(n5ccc6c(N7CCC(=O)NC7=O)cccc65)CC4)nn3)CC2)cc1Cl. The number of nitriles is 1. The first-order chi connectivity index (χ1) is 23.4. The van der Waals surface area contributed by atoms with Crippen molar-refractivity contribution in [1.82, 2.24) is 25.4 Å². The number of imide groups is 1. The van der Waals surface area contributed by atoms with Gasteiger partial charge in [0.1, 0.15) is 11.8 Å². The van der Waals surface area contributed by atoms with Crippen LogP contribution in [-0.2, 0) is 4.79 Å². The molecule has 4 heterocycles. The highest BCUT2D eigenvalue weighted by Gasteiger charge is 2.28. The van der Waals surface area contributed by atoms with E-state index in [4.69, 9.17) is 21.6 Å². The zero-order valence-corrected chi connectivity index (χ0v) is 27.0. The van der Waals surface area contributed by atoms with Crippen molar-refractivity contribution in [2.45, 2.75) is 63.1 Å². The van der Waals surface area contributed by atoms with E-state index >= 15 is 0 Å². The van der Waals surface area contributed by atoms with Gasteiger partial charge in [-0.05, 0) is 81.0 Å². The first-order valence-electron chi connectivity index (χ1n) is 16.3. The van der Waals surface area contributed by atoms with Gasteiger partial charge in [-0.15, -0.1) is 10.2 Å². The fourth-order valence-electron chi connectivity index (χ4n) is 6.94. The second kappa shape index (κ2) is 13.5. The molecule has 2 N–H and O–H groups in total. The van der Waals surface area contributed by atoms with Crippen molar-refractivity contribution in [3.05, 3.63) is 77.1 Å². The molecule has 12 nitrogen and oxygen atoms in total. The van der Waals surface area contributed by atoms with Crippen LogP contribution >= 0.6 is 11.6 Å². The Morgan fingerprint density at radius 3 is 2.50 bits per heavy atom. The van der Waals surface area contributed by atoms with Gasteiger partial charge in [-0.1, -0.05) is 17.7 Å². The number of ether oxygens (including phenoxy) is 1. The minimum atomic E-state index is -0.384. The number of hydrogen-bond acceptors (Lipinski definition) is 8. The molecule has 0 unspecified atom stereocenters. The summed E-state index contributed by atoms with van der Waals surface area (Å²) in [5, 5.41) is 24.6. The van der Waals surface area contributed by atoms with Crippen molar-refractivity contribution < 1.29 is 19.1 Å². The van der Waals surface area contributed by atoms with Gasteiger partial charge in [0, 0.05) is 55.8 Å². The van der Waals surface area contributed by atoms with Crippen molar-refractivity contribution in [3.8, 4) is 11.8 Å². The van der Waals surface area contributed by atoms with Gasteiger partial charge in [0.2, 0.25) is 5.91 Å². The van der Waals surface area contributed by atoms with E-state index in [1.165, 1.54) is 0 Å². The van der Waals surface area contributed by atoms with E-state index in [2.05, 4.69) is 42.6 Å². The molecule has 0 radical (unpaired) electrons. The molecule has 7 rings (SSSR count). The Hall–Kier alpha value is -5.15. The fraction of sp³-hybridized carbons (Fsp3) is 0.371. The number of piperidine rings is 1. The summed E-state index contributed by atoms with van der Waals surface area (Å²) in [6.07, 6.45) is 7.35. The van der Waals surface area contributed by atoms with Gasteiger partial charge in [-0.3, -0.25) is 19.8 Å². The van der Waals surface area contributed by atoms with Crippen molar-refractivity contribution >= 4 is 51.9 Å². The summed E-state index contributed by atoms with van der Waals surface area (Å²) in [5.74, 6) is 0.909. The number of rotatable bonds is 7. The number of anilines is 2. The van der Waals surface area contributed by atoms with E-state index in [0.29, 0.717) is 28.6 Å². The van der Waals surface area contributed by atoms with E-state index in [1.54, 1.807) is 29.2 Å². The van der Waals surface area contributed by atoms with Gasteiger partial charge >= 0.3 is 6.03 Å². The predicted molar refractivity (Wildman–Crippen MR) is 180 cm³/mol. The molecule has 2 aromatic heterocycles. The Kier molecular flexibility index (Phi) is 8.86. The number of hydrogen-bond donors (Lipinski definition) is 2. The smallest absolute Gasteiger partial charge is 0.328 e. The maximum atomic E-state index is 13.0. The molecule has 13 heteroatoms. The largest absolute Gasteiger partial charge is 0.490 e. The molecule has 3 fully saturated rings. The first-order valence-corrected chi connectivity index (χ1v) is 16.7. The standard InChI is InChI=1S/C35H35ClN8O4/c36-28-20-26(7-4-22(28)21-37)48-25-8-5-23(6-9-25)38-34(46)29-10-11-32(41-40-29)42-16-12-24(13-17-42)43-18-14-27-30(43)2-1-3-31(27)44-19-15-33(45)39-35(44)47/h1-4,7,10-11,14,18,20,23-25H,5-6,8-9,12-13,15-17,19H2,(H,38,46)(H,39,45,47). The highest BCUT2D eigenvalue weighted by Crippen LogP contribution is 2.34. The van der Waals surface area contributed by atoms with Crippen molar-refractivity contribution in [2.75, 3.05) is 29.4 Å². The molecule has 48 heavy (non-hydrogen) atoms. The lowest BCUT2D eigenvalue weighted by Gasteiger charge is -2.33. The van der Waals surface area contributed by atoms with Crippen LogP contribution in [0.4, 0.5) is 16.3 Å². The maximum Gasteiger partial charge on any atom is 0.328 e. The summed E-state index contributed by atoms with van der Waals surface area (Å²) in [6, 6.07) is 18.7. The van der Waals surface area contributed by atoms with Gasteiger partial charge in [-0.2, -0.15) is 5.26 Å². The number of benzene rings is 2. The first kappa shape index (κ1) is 31.4. The normalized spacial score (nSPS) is 20.3. The van der Waals surface area contributed by atoms with Crippen LogP contribution in [0.2, 0.25) is 5.02 Å². The predicted octanol–water partition coefficient (Wildman–Crippen LogP) is 5.36. The third kappa shape index (κ3) is 6.51.